The fraction of sp³-hybridized carbons (Fsp3) is 0.417. The van der Waals surface area contributed by atoms with Gasteiger partial charge in [0.05, 0.1) is 7.11 Å². The second-order valence-corrected chi connectivity index (χ2v) is 5.12. The summed E-state index contributed by atoms with van der Waals surface area (Å²) in [6.45, 7) is 0. The van der Waals surface area contributed by atoms with Gasteiger partial charge in [-0.25, -0.2) is 9.18 Å². The molecule has 1 saturated heterocycles. The van der Waals surface area contributed by atoms with E-state index in [-0.39, 0.29) is 11.8 Å². The summed E-state index contributed by atoms with van der Waals surface area (Å²) in [5, 5.41) is 3.11. The molecule has 0 saturated carbocycles. The van der Waals surface area contributed by atoms with Gasteiger partial charge in [0.25, 0.3) is 0 Å². The normalized spacial score (nSPS) is 23.4. The lowest BCUT2D eigenvalue weighted by Gasteiger charge is -2.27. The first-order valence-corrected chi connectivity index (χ1v) is 6.52. The van der Waals surface area contributed by atoms with Crippen LogP contribution >= 0.6 is 11.8 Å². The monoisotopic (exact) mass is 255 g/mol. The molecule has 3 nitrogen and oxygen atoms in total. The molecule has 1 heterocycles. The Kier molecular flexibility index (Phi) is 3.57. The third kappa shape index (κ3) is 2.54. The predicted octanol–water partition coefficient (Wildman–Crippen LogP) is 2.29. The van der Waals surface area contributed by atoms with Crippen molar-refractivity contribution >= 4 is 23.4 Å². The van der Waals surface area contributed by atoms with Crippen LogP contribution in [0.3, 0.4) is 0 Å². The average molecular weight is 255 g/mol. The molecule has 1 atom stereocenters. The first-order chi connectivity index (χ1) is 8.16. The van der Waals surface area contributed by atoms with Crippen molar-refractivity contribution in [2.75, 3.05) is 23.9 Å². The second kappa shape index (κ2) is 4.96. The zero-order valence-corrected chi connectivity index (χ0v) is 10.3. The number of carbonyl (C=O) groups excluding carboxylic acids is 1. The number of anilines is 1. The van der Waals surface area contributed by atoms with Gasteiger partial charge in [0.2, 0.25) is 0 Å². The van der Waals surface area contributed by atoms with E-state index in [1.54, 1.807) is 23.9 Å². The number of methoxy groups -OCH3 is 1. The molecule has 5 heteroatoms. The van der Waals surface area contributed by atoms with Gasteiger partial charge in [-0.2, -0.15) is 11.8 Å². The van der Waals surface area contributed by atoms with Crippen molar-refractivity contribution in [1.29, 1.82) is 0 Å². The molecule has 1 aromatic carbocycles. The predicted molar refractivity (Wildman–Crippen MR) is 66.7 cm³/mol. The fourth-order valence-corrected chi connectivity index (χ4v) is 3.23. The first-order valence-electron chi connectivity index (χ1n) is 5.36. The largest absolute Gasteiger partial charge is 0.467 e. The van der Waals surface area contributed by atoms with Gasteiger partial charge in [-0.05, 0) is 30.4 Å². The summed E-state index contributed by atoms with van der Waals surface area (Å²) >= 11 is 1.69. The number of halogens is 1. The zero-order valence-electron chi connectivity index (χ0n) is 9.53. The van der Waals surface area contributed by atoms with Gasteiger partial charge in [-0.1, -0.05) is 6.07 Å². The third-order valence-corrected chi connectivity index (χ3v) is 4.00. The van der Waals surface area contributed by atoms with Crippen molar-refractivity contribution in [1.82, 2.24) is 0 Å². The van der Waals surface area contributed by atoms with Crippen LogP contribution in [-0.2, 0) is 9.53 Å². The Balaban J connectivity index is 2.21. The van der Waals surface area contributed by atoms with Crippen molar-refractivity contribution in [2.24, 2.45) is 0 Å². The molecule has 2 rings (SSSR count). The van der Waals surface area contributed by atoms with E-state index in [1.165, 1.54) is 19.2 Å². The Labute approximate surface area is 104 Å². The van der Waals surface area contributed by atoms with E-state index >= 15 is 0 Å². The molecule has 0 aliphatic carbocycles. The van der Waals surface area contributed by atoms with Gasteiger partial charge in [0.1, 0.15) is 11.4 Å². The van der Waals surface area contributed by atoms with Gasteiger partial charge in [0.15, 0.2) is 0 Å². The Hall–Kier alpha value is -1.23. The van der Waals surface area contributed by atoms with Gasteiger partial charge < -0.3 is 10.1 Å². The molecular weight excluding hydrogens is 241 g/mol. The molecule has 1 N–H and O–H groups in total. The highest BCUT2D eigenvalue weighted by atomic mass is 32.2. The van der Waals surface area contributed by atoms with Crippen LogP contribution in [0.5, 0.6) is 0 Å². The summed E-state index contributed by atoms with van der Waals surface area (Å²) in [5.41, 5.74) is -0.106. The first kappa shape index (κ1) is 12.2. The highest BCUT2D eigenvalue weighted by molar-refractivity contribution is 7.99. The number of thioether (sulfide) groups is 1. The van der Waals surface area contributed by atoms with E-state index in [1.807, 2.05) is 0 Å². The standard InChI is InChI=1S/C12H14FNO2S/c1-16-11(15)12(5-6-17-8-12)14-10-4-2-3-9(13)7-10/h2-4,7,14H,5-6,8H2,1H3. The Bertz CT molecular complexity index is 419. The lowest BCUT2D eigenvalue weighted by Crippen LogP contribution is -2.47. The molecular formula is C12H14FNO2S. The minimum Gasteiger partial charge on any atom is -0.467 e. The number of ether oxygens (including phenoxy) is 1. The molecule has 0 aromatic heterocycles. The molecule has 1 unspecified atom stereocenters. The van der Waals surface area contributed by atoms with Crippen molar-refractivity contribution in [3.8, 4) is 0 Å². The maximum absolute atomic E-state index is 13.1. The van der Waals surface area contributed by atoms with Crippen molar-refractivity contribution in [3.05, 3.63) is 30.1 Å². The zero-order chi connectivity index (χ0) is 12.3. The molecule has 0 radical (unpaired) electrons. The fourth-order valence-electron chi connectivity index (χ4n) is 1.91. The summed E-state index contributed by atoms with van der Waals surface area (Å²) in [7, 11) is 1.38. The minimum absolute atomic E-state index is 0.285. The second-order valence-electron chi connectivity index (χ2n) is 4.01. The highest BCUT2D eigenvalue weighted by Gasteiger charge is 2.42. The third-order valence-electron chi connectivity index (χ3n) is 2.81. The molecule has 1 fully saturated rings. The Morgan fingerprint density at radius 3 is 3.00 bits per heavy atom. The summed E-state index contributed by atoms with van der Waals surface area (Å²) in [6.07, 6.45) is 0.695. The van der Waals surface area contributed by atoms with Crippen molar-refractivity contribution in [3.63, 3.8) is 0 Å². The number of esters is 1. The van der Waals surface area contributed by atoms with Gasteiger partial charge >= 0.3 is 5.97 Å². The molecule has 92 valence electrons. The number of carbonyl (C=O) groups is 1. The van der Waals surface area contributed by atoms with Crippen LogP contribution in [0, 0.1) is 5.82 Å². The summed E-state index contributed by atoms with van der Waals surface area (Å²) in [5.74, 6) is 0.945. The molecule has 0 bridgehead atoms. The minimum atomic E-state index is -0.715. The smallest absolute Gasteiger partial charge is 0.332 e. The maximum Gasteiger partial charge on any atom is 0.332 e. The van der Waals surface area contributed by atoms with Crippen LogP contribution in [0.25, 0.3) is 0 Å². The molecule has 1 aromatic rings. The van der Waals surface area contributed by atoms with Crippen molar-refractivity contribution in [2.45, 2.75) is 12.0 Å². The molecule has 1 aliphatic rings. The number of hydrogen-bond acceptors (Lipinski definition) is 4. The van der Waals surface area contributed by atoms with Crippen LogP contribution in [-0.4, -0.2) is 30.1 Å². The Morgan fingerprint density at radius 1 is 1.59 bits per heavy atom. The van der Waals surface area contributed by atoms with E-state index in [4.69, 9.17) is 4.74 Å². The molecule has 0 amide bonds. The quantitative estimate of drug-likeness (QED) is 0.841. The van der Waals surface area contributed by atoms with Crippen LogP contribution in [0.1, 0.15) is 6.42 Å². The van der Waals surface area contributed by atoms with Gasteiger partial charge in [-0.15, -0.1) is 0 Å². The number of nitrogens with one attached hydrogen (secondary N) is 1. The van der Waals surface area contributed by atoms with Crippen molar-refractivity contribution < 1.29 is 13.9 Å². The van der Waals surface area contributed by atoms with Gasteiger partial charge in [0, 0.05) is 11.4 Å². The van der Waals surface area contributed by atoms with E-state index in [0.717, 1.165) is 5.75 Å². The number of rotatable bonds is 3. The van der Waals surface area contributed by atoms with Crippen LogP contribution in [0.2, 0.25) is 0 Å². The number of benzene rings is 1. The summed E-state index contributed by atoms with van der Waals surface area (Å²) in [6, 6.07) is 6.12. The van der Waals surface area contributed by atoms with E-state index in [9.17, 15) is 9.18 Å². The van der Waals surface area contributed by atoms with E-state index in [2.05, 4.69) is 5.32 Å². The topological polar surface area (TPSA) is 38.3 Å². The molecule has 0 spiro atoms. The van der Waals surface area contributed by atoms with E-state index in [0.29, 0.717) is 17.9 Å². The maximum atomic E-state index is 13.1. The Morgan fingerprint density at radius 2 is 2.41 bits per heavy atom. The summed E-state index contributed by atoms with van der Waals surface area (Å²) in [4.78, 5) is 11.8. The van der Waals surface area contributed by atoms with Crippen LogP contribution < -0.4 is 5.32 Å². The number of hydrogen-bond donors (Lipinski definition) is 1. The van der Waals surface area contributed by atoms with Gasteiger partial charge in [-0.3, -0.25) is 0 Å². The molecule has 1 aliphatic heterocycles. The van der Waals surface area contributed by atoms with Crippen LogP contribution in [0.15, 0.2) is 24.3 Å². The van der Waals surface area contributed by atoms with Crippen LogP contribution in [0.4, 0.5) is 10.1 Å². The molecule has 17 heavy (non-hydrogen) atoms. The highest BCUT2D eigenvalue weighted by Crippen LogP contribution is 2.32. The van der Waals surface area contributed by atoms with E-state index < -0.39 is 5.54 Å². The SMILES string of the molecule is COC(=O)C1(Nc2cccc(F)c2)CCSC1. The summed E-state index contributed by atoms with van der Waals surface area (Å²) < 4.78 is 17.9. The average Bonchev–Trinajstić information content (AvgIpc) is 2.78. The lowest BCUT2D eigenvalue weighted by molar-refractivity contribution is -0.145. The lowest BCUT2D eigenvalue weighted by atomic mass is 9.98.